The molecule has 1 aliphatic rings. The van der Waals surface area contributed by atoms with E-state index in [1.807, 2.05) is 66.2 Å². The van der Waals surface area contributed by atoms with E-state index >= 15 is 0 Å². The Balaban J connectivity index is 1.67. The number of carbonyl (C=O) groups excluding carboxylic acids is 1. The number of benzene rings is 2. The summed E-state index contributed by atoms with van der Waals surface area (Å²) in [5.41, 5.74) is 5.09. The van der Waals surface area contributed by atoms with Gasteiger partial charge >= 0.3 is 0 Å². The number of hydrogen-bond donors (Lipinski definition) is 2. The Morgan fingerprint density at radius 1 is 1.15 bits per heavy atom. The standard InChI is InChI=1S/C18H16ClN5OS/c1-11-21-22-18-24(11)23-15(12-7-9-13(19)10-8-12)16(26-18)17(25)20-14-5-3-2-4-6-14/h2-10,15-16,23H,1H3,(H,20,25). The van der Waals surface area contributed by atoms with Gasteiger partial charge in [0.05, 0.1) is 6.04 Å². The maximum absolute atomic E-state index is 13.0. The maximum Gasteiger partial charge on any atom is 0.240 e. The van der Waals surface area contributed by atoms with E-state index < -0.39 is 5.25 Å². The summed E-state index contributed by atoms with van der Waals surface area (Å²) in [5.74, 6) is 0.647. The van der Waals surface area contributed by atoms with Gasteiger partial charge in [0, 0.05) is 10.7 Å². The molecule has 0 saturated heterocycles. The Labute approximate surface area is 159 Å². The molecule has 1 aromatic heterocycles. The number of rotatable bonds is 3. The van der Waals surface area contributed by atoms with E-state index in [2.05, 4.69) is 20.9 Å². The van der Waals surface area contributed by atoms with Gasteiger partial charge in [-0.1, -0.05) is 53.7 Å². The van der Waals surface area contributed by atoms with Crippen LogP contribution in [-0.4, -0.2) is 26.0 Å². The monoisotopic (exact) mass is 385 g/mol. The summed E-state index contributed by atoms with van der Waals surface area (Å²) in [7, 11) is 0. The molecular weight excluding hydrogens is 370 g/mol. The second-order valence-electron chi connectivity index (χ2n) is 5.92. The number of anilines is 1. The summed E-state index contributed by atoms with van der Waals surface area (Å²) >= 11 is 7.41. The summed E-state index contributed by atoms with van der Waals surface area (Å²) in [5, 5.41) is 12.1. The third-order valence-electron chi connectivity index (χ3n) is 4.13. The zero-order valence-corrected chi connectivity index (χ0v) is 15.5. The largest absolute Gasteiger partial charge is 0.325 e. The van der Waals surface area contributed by atoms with E-state index in [9.17, 15) is 4.79 Å². The van der Waals surface area contributed by atoms with Gasteiger partial charge in [0.1, 0.15) is 11.1 Å². The summed E-state index contributed by atoms with van der Waals surface area (Å²) in [6, 6.07) is 16.7. The van der Waals surface area contributed by atoms with Gasteiger partial charge in [-0.2, -0.15) is 0 Å². The minimum Gasteiger partial charge on any atom is -0.325 e. The van der Waals surface area contributed by atoms with Crippen LogP contribution in [-0.2, 0) is 4.79 Å². The quantitative estimate of drug-likeness (QED) is 0.720. The van der Waals surface area contributed by atoms with Crippen LogP contribution in [0.15, 0.2) is 59.8 Å². The molecule has 1 aliphatic heterocycles. The van der Waals surface area contributed by atoms with E-state index in [1.165, 1.54) is 11.8 Å². The van der Waals surface area contributed by atoms with Crippen LogP contribution >= 0.6 is 23.4 Å². The van der Waals surface area contributed by atoms with Gasteiger partial charge in [-0.05, 0) is 36.8 Å². The summed E-state index contributed by atoms with van der Waals surface area (Å²) < 4.78 is 1.82. The first-order valence-corrected chi connectivity index (χ1v) is 9.34. The molecule has 6 nitrogen and oxygen atoms in total. The lowest BCUT2D eigenvalue weighted by atomic mass is 10.0. The van der Waals surface area contributed by atoms with Crippen LogP contribution in [0.2, 0.25) is 5.02 Å². The highest BCUT2D eigenvalue weighted by atomic mass is 35.5. The van der Waals surface area contributed by atoms with Crippen molar-refractivity contribution in [3.8, 4) is 0 Å². The Morgan fingerprint density at radius 2 is 1.88 bits per heavy atom. The predicted molar refractivity (Wildman–Crippen MR) is 103 cm³/mol. The summed E-state index contributed by atoms with van der Waals surface area (Å²) in [6.07, 6.45) is 0. The van der Waals surface area contributed by atoms with Crippen molar-refractivity contribution in [2.45, 2.75) is 23.4 Å². The number of nitrogens with zero attached hydrogens (tertiary/aromatic N) is 3. The van der Waals surface area contributed by atoms with Crippen molar-refractivity contribution in [1.29, 1.82) is 0 Å². The molecule has 2 heterocycles. The number of thioether (sulfide) groups is 1. The zero-order valence-electron chi connectivity index (χ0n) is 13.9. The van der Waals surface area contributed by atoms with Gasteiger partial charge in [-0.15, -0.1) is 10.2 Å². The van der Waals surface area contributed by atoms with Gasteiger partial charge in [0.25, 0.3) is 0 Å². The molecule has 0 aliphatic carbocycles. The summed E-state index contributed by atoms with van der Waals surface area (Å²) in [4.78, 5) is 13.0. The lowest BCUT2D eigenvalue weighted by molar-refractivity contribution is -0.116. The average molecular weight is 386 g/mol. The number of fused-ring (bicyclic) bond motifs is 1. The third kappa shape index (κ3) is 3.27. The van der Waals surface area contributed by atoms with Gasteiger partial charge in [-0.3, -0.25) is 4.79 Å². The van der Waals surface area contributed by atoms with Crippen molar-refractivity contribution >= 4 is 35.0 Å². The number of carbonyl (C=O) groups is 1. The first kappa shape index (κ1) is 16.9. The minimum atomic E-state index is -0.410. The lowest BCUT2D eigenvalue weighted by Gasteiger charge is -2.32. The van der Waals surface area contributed by atoms with Crippen molar-refractivity contribution < 1.29 is 4.79 Å². The number of para-hydroxylation sites is 1. The van der Waals surface area contributed by atoms with E-state index in [-0.39, 0.29) is 11.9 Å². The van der Waals surface area contributed by atoms with Crippen molar-refractivity contribution in [3.05, 3.63) is 71.0 Å². The molecule has 26 heavy (non-hydrogen) atoms. The Kier molecular flexibility index (Phi) is 4.57. The normalized spacial score (nSPS) is 18.7. The average Bonchev–Trinajstić information content (AvgIpc) is 3.02. The topological polar surface area (TPSA) is 71.8 Å². The van der Waals surface area contributed by atoms with E-state index in [1.54, 1.807) is 0 Å². The van der Waals surface area contributed by atoms with Gasteiger partial charge < -0.3 is 10.7 Å². The van der Waals surface area contributed by atoms with Crippen molar-refractivity contribution in [2.24, 2.45) is 0 Å². The first-order valence-electron chi connectivity index (χ1n) is 8.08. The fourth-order valence-corrected chi connectivity index (χ4v) is 4.07. The van der Waals surface area contributed by atoms with Gasteiger partial charge in [0.15, 0.2) is 0 Å². The molecule has 0 bridgehead atoms. The van der Waals surface area contributed by atoms with Crippen LogP contribution in [0.1, 0.15) is 17.4 Å². The molecule has 4 rings (SSSR count). The smallest absolute Gasteiger partial charge is 0.240 e. The molecule has 0 fully saturated rings. The Morgan fingerprint density at radius 3 is 2.62 bits per heavy atom. The highest BCUT2D eigenvalue weighted by molar-refractivity contribution is 8.00. The van der Waals surface area contributed by atoms with Crippen molar-refractivity contribution in [1.82, 2.24) is 14.9 Å². The fourth-order valence-electron chi connectivity index (χ4n) is 2.82. The molecule has 132 valence electrons. The predicted octanol–water partition coefficient (Wildman–Crippen LogP) is 3.64. The SMILES string of the molecule is Cc1nnc2n1NC(c1ccc(Cl)cc1)C(C(=O)Nc1ccccc1)S2. The molecule has 0 spiro atoms. The van der Waals surface area contributed by atoms with Crippen LogP contribution in [0.25, 0.3) is 0 Å². The maximum atomic E-state index is 13.0. The second-order valence-corrected chi connectivity index (χ2v) is 7.46. The van der Waals surface area contributed by atoms with Crippen LogP contribution < -0.4 is 10.7 Å². The minimum absolute atomic E-state index is 0.0967. The molecule has 3 aromatic rings. The van der Waals surface area contributed by atoms with E-state index in [4.69, 9.17) is 11.6 Å². The van der Waals surface area contributed by atoms with Crippen LogP contribution in [0.5, 0.6) is 0 Å². The number of aromatic nitrogens is 3. The molecule has 2 atom stereocenters. The molecule has 2 N–H and O–H groups in total. The number of aryl methyl sites for hydroxylation is 1. The van der Waals surface area contributed by atoms with Crippen molar-refractivity contribution in [3.63, 3.8) is 0 Å². The molecule has 0 radical (unpaired) electrons. The van der Waals surface area contributed by atoms with Crippen molar-refractivity contribution in [2.75, 3.05) is 10.7 Å². The van der Waals surface area contributed by atoms with Gasteiger partial charge in [0.2, 0.25) is 11.1 Å². The molecule has 2 aromatic carbocycles. The summed E-state index contributed by atoms with van der Waals surface area (Å²) in [6.45, 7) is 1.87. The second kappa shape index (κ2) is 7.01. The van der Waals surface area contributed by atoms with Crippen LogP contribution in [0.3, 0.4) is 0 Å². The van der Waals surface area contributed by atoms with Crippen LogP contribution in [0.4, 0.5) is 5.69 Å². The lowest BCUT2D eigenvalue weighted by Crippen LogP contribution is -2.41. The number of halogens is 1. The highest BCUT2D eigenvalue weighted by Gasteiger charge is 2.37. The Hall–Kier alpha value is -2.51. The number of hydrogen-bond acceptors (Lipinski definition) is 5. The number of amides is 1. The molecule has 2 unspecified atom stereocenters. The highest BCUT2D eigenvalue weighted by Crippen LogP contribution is 2.37. The molecule has 1 amide bonds. The fraction of sp³-hybridized carbons (Fsp3) is 0.167. The van der Waals surface area contributed by atoms with E-state index in [0.29, 0.717) is 10.2 Å². The Bertz CT molecular complexity index is 929. The first-order chi connectivity index (χ1) is 12.6. The van der Waals surface area contributed by atoms with Crippen LogP contribution in [0, 0.1) is 6.92 Å². The molecule has 0 saturated carbocycles. The zero-order chi connectivity index (χ0) is 18.1. The number of nitrogens with one attached hydrogen (secondary N) is 2. The molecule has 8 heteroatoms. The third-order valence-corrected chi connectivity index (χ3v) is 5.59. The molecular formula is C18H16ClN5OS. The van der Waals surface area contributed by atoms with E-state index in [0.717, 1.165) is 17.1 Å². The van der Waals surface area contributed by atoms with Gasteiger partial charge in [-0.25, -0.2) is 4.68 Å².